The lowest BCUT2D eigenvalue weighted by atomic mass is 10.1. The maximum Gasteiger partial charge on any atom is 0.337 e. The average Bonchev–Trinajstić information content (AvgIpc) is 2.38. The Morgan fingerprint density at radius 3 is 2.44 bits per heavy atom. The van der Waals surface area contributed by atoms with E-state index in [1.165, 1.54) is 3.57 Å². The third kappa shape index (κ3) is 3.22. The molecule has 92 valence electrons. The second-order valence-corrected chi connectivity index (χ2v) is 5.08. The molecule has 0 atom stereocenters. The Balaban J connectivity index is 2.10. The van der Waals surface area contributed by atoms with E-state index in [1.807, 2.05) is 30.3 Å². The summed E-state index contributed by atoms with van der Waals surface area (Å²) in [5.74, 6) is -0.916. The molecule has 18 heavy (non-hydrogen) atoms. The average molecular weight is 353 g/mol. The maximum atomic E-state index is 11.0. The standard InChI is InChI=1S/C14H12INO2/c15-11-7-5-10(6-8-11)9-16-13-4-2-1-3-12(13)14(17)18/h1-8,16H,9H2,(H,17,18). The molecule has 2 N–H and O–H groups in total. The van der Waals surface area contributed by atoms with E-state index in [4.69, 9.17) is 5.11 Å². The van der Waals surface area contributed by atoms with Gasteiger partial charge in [0.05, 0.1) is 5.56 Å². The van der Waals surface area contributed by atoms with Gasteiger partial charge < -0.3 is 10.4 Å². The molecule has 4 heteroatoms. The summed E-state index contributed by atoms with van der Waals surface area (Å²) in [7, 11) is 0. The number of anilines is 1. The van der Waals surface area contributed by atoms with E-state index < -0.39 is 5.97 Å². The number of para-hydroxylation sites is 1. The fourth-order valence-corrected chi connectivity index (χ4v) is 1.98. The topological polar surface area (TPSA) is 49.3 Å². The Hall–Kier alpha value is -1.56. The van der Waals surface area contributed by atoms with Crippen LogP contribution in [0.1, 0.15) is 15.9 Å². The van der Waals surface area contributed by atoms with Gasteiger partial charge in [0.15, 0.2) is 0 Å². The Kier molecular flexibility index (Phi) is 4.19. The summed E-state index contributed by atoms with van der Waals surface area (Å²) in [6, 6.07) is 15.0. The molecule has 0 bridgehead atoms. The van der Waals surface area contributed by atoms with Crippen LogP contribution in [0.25, 0.3) is 0 Å². The van der Waals surface area contributed by atoms with Crippen LogP contribution in [0.4, 0.5) is 5.69 Å². The van der Waals surface area contributed by atoms with Crippen LogP contribution in [0.2, 0.25) is 0 Å². The molecule has 0 aromatic heterocycles. The maximum absolute atomic E-state index is 11.0. The molecule has 2 rings (SSSR count). The fourth-order valence-electron chi connectivity index (χ4n) is 1.62. The second-order valence-electron chi connectivity index (χ2n) is 3.83. The lowest BCUT2D eigenvalue weighted by molar-refractivity contribution is 0.0698. The normalized spacial score (nSPS) is 10.1. The molecule has 0 amide bonds. The molecular weight excluding hydrogens is 341 g/mol. The minimum Gasteiger partial charge on any atom is -0.478 e. The summed E-state index contributed by atoms with van der Waals surface area (Å²) < 4.78 is 1.18. The van der Waals surface area contributed by atoms with Gasteiger partial charge >= 0.3 is 5.97 Å². The van der Waals surface area contributed by atoms with Crippen molar-refractivity contribution >= 4 is 34.2 Å². The van der Waals surface area contributed by atoms with Crippen molar-refractivity contribution in [3.8, 4) is 0 Å². The zero-order valence-electron chi connectivity index (χ0n) is 9.56. The predicted molar refractivity (Wildman–Crippen MR) is 79.9 cm³/mol. The minimum atomic E-state index is -0.916. The third-order valence-corrected chi connectivity index (χ3v) is 3.27. The van der Waals surface area contributed by atoms with Crippen molar-refractivity contribution in [2.45, 2.75) is 6.54 Å². The molecule has 2 aromatic carbocycles. The molecule has 3 nitrogen and oxygen atoms in total. The van der Waals surface area contributed by atoms with E-state index in [0.29, 0.717) is 17.8 Å². The summed E-state index contributed by atoms with van der Waals surface area (Å²) >= 11 is 2.25. The van der Waals surface area contributed by atoms with E-state index in [2.05, 4.69) is 27.9 Å². The molecule has 0 saturated heterocycles. The van der Waals surface area contributed by atoms with Gasteiger partial charge in [-0.25, -0.2) is 4.79 Å². The van der Waals surface area contributed by atoms with E-state index in [9.17, 15) is 4.79 Å². The number of carboxylic acids is 1. The largest absolute Gasteiger partial charge is 0.478 e. The lowest BCUT2D eigenvalue weighted by Crippen LogP contribution is -2.06. The molecule has 0 fully saturated rings. The van der Waals surface area contributed by atoms with Crippen LogP contribution < -0.4 is 5.32 Å². The van der Waals surface area contributed by atoms with Crippen LogP contribution >= 0.6 is 22.6 Å². The van der Waals surface area contributed by atoms with Gasteiger partial charge in [-0.3, -0.25) is 0 Å². The van der Waals surface area contributed by atoms with Gasteiger partial charge in [-0.05, 0) is 52.4 Å². The van der Waals surface area contributed by atoms with E-state index >= 15 is 0 Å². The first-order chi connectivity index (χ1) is 8.66. The number of hydrogen-bond acceptors (Lipinski definition) is 2. The molecule has 0 unspecified atom stereocenters. The Morgan fingerprint density at radius 1 is 1.11 bits per heavy atom. The molecule has 2 aromatic rings. The summed E-state index contributed by atoms with van der Waals surface area (Å²) in [6.45, 7) is 0.612. The van der Waals surface area contributed by atoms with E-state index in [0.717, 1.165) is 5.56 Å². The Labute approximate surface area is 119 Å². The Bertz CT molecular complexity index is 552. The zero-order chi connectivity index (χ0) is 13.0. The van der Waals surface area contributed by atoms with Gasteiger partial charge in [0.1, 0.15) is 0 Å². The van der Waals surface area contributed by atoms with Crippen molar-refractivity contribution in [3.63, 3.8) is 0 Å². The first-order valence-corrected chi connectivity index (χ1v) is 6.55. The smallest absolute Gasteiger partial charge is 0.337 e. The van der Waals surface area contributed by atoms with Crippen LogP contribution in [0.3, 0.4) is 0 Å². The number of rotatable bonds is 4. The summed E-state index contributed by atoms with van der Waals surface area (Å²) in [5.41, 5.74) is 2.06. The quantitative estimate of drug-likeness (QED) is 0.826. The van der Waals surface area contributed by atoms with Crippen LogP contribution in [-0.4, -0.2) is 11.1 Å². The van der Waals surface area contributed by atoms with Crippen LogP contribution in [0, 0.1) is 3.57 Å². The molecule has 0 heterocycles. The number of carbonyl (C=O) groups is 1. The van der Waals surface area contributed by atoms with Gasteiger partial charge in [-0.2, -0.15) is 0 Å². The van der Waals surface area contributed by atoms with Gasteiger partial charge in [0, 0.05) is 15.8 Å². The number of nitrogens with one attached hydrogen (secondary N) is 1. The molecule has 0 spiro atoms. The first-order valence-electron chi connectivity index (χ1n) is 5.47. The molecule has 0 radical (unpaired) electrons. The highest BCUT2D eigenvalue weighted by molar-refractivity contribution is 14.1. The molecular formula is C14H12INO2. The Morgan fingerprint density at radius 2 is 1.78 bits per heavy atom. The van der Waals surface area contributed by atoms with Crippen molar-refractivity contribution in [2.75, 3.05) is 5.32 Å². The fraction of sp³-hybridized carbons (Fsp3) is 0.0714. The third-order valence-electron chi connectivity index (χ3n) is 2.55. The lowest BCUT2D eigenvalue weighted by Gasteiger charge is -2.09. The molecule has 0 aliphatic heterocycles. The van der Waals surface area contributed by atoms with Crippen LogP contribution in [-0.2, 0) is 6.54 Å². The first kappa shape index (κ1) is 12.9. The highest BCUT2D eigenvalue weighted by Crippen LogP contribution is 2.16. The van der Waals surface area contributed by atoms with Crippen LogP contribution in [0.5, 0.6) is 0 Å². The van der Waals surface area contributed by atoms with Gasteiger partial charge in [-0.15, -0.1) is 0 Å². The molecule has 0 saturated carbocycles. The number of carboxylic acid groups (broad SMARTS) is 1. The number of halogens is 1. The van der Waals surface area contributed by atoms with Crippen LogP contribution in [0.15, 0.2) is 48.5 Å². The van der Waals surface area contributed by atoms with E-state index in [-0.39, 0.29) is 0 Å². The summed E-state index contributed by atoms with van der Waals surface area (Å²) in [5, 5.41) is 12.2. The minimum absolute atomic E-state index is 0.294. The number of hydrogen-bond donors (Lipinski definition) is 2. The van der Waals surface area contributed by atoms with Crippen molar-refractivity contribution in [3.05, 3.63) is 63.2 Å². The molecule has 0 aliphatic rings. The predicted octanol–water partition coefficient (Wildman–Crippen LogP) is 3.60. The number of aromatic carboxylic acids is 1. The molecule has 0 aliphatic carbocycles. The second kappa shape index (κ2) is 5.86. The summed E-state index contributed by atoms with van der Waals surface area (Å²) in [6.07, 6.45) is 0. The van der Waals surface area contributed by atoms with E-state index in [1.54, 1.807) is 18.2 Å². The van der Waals surface area contributed by atoms with Crippen molar-refractivity contribution in [2.24, 2.45) is 0 Å². The highest BCUT2D eigenvalue weighted by Gasteiger charge is 2.07. The number of benzene rings is 2. The SMILES string of the molecule is O=C(O)c1ccccc1NCc1ccc(I)cc1. The zero-order valence-corrected chi connectivity index (χ0v) is 11.7. The van der Waals surface area contributed by atoms with Crippen molar-refractivity contribution in [1.29, 1.82) is 0 Å². The van der Waals surface area contributed by atoms with Gasteiger partial charge in [-0.1, -0.05) is 24.3 Å². The monoisotopic (exact) mass is 353 g/mol. The highest BCUT2D eigenvalue weighted by atomic mass is 127. The van der Waals surface area contributed by atoms with Crippen molar-refractivity contribution < 1.29 is 9.90 Å². The van der Waals surface area contributed by atoms with Crippen molar-refractivity contribution in [1.82, 2.24) is 0 Å². The van der Waals surface area contributed by atoms with Gasteiger partial charge in [0.25, 0.3) is 0 Å². The van der Waals surface area contributed by atoms with Gasteiger partial charge in [0.2, 0.25) is 0 Å². The summed E-state index contributed by atoms with van der Waals surface area (Å²) in [4.78, 5) is 11.0.